The molecule has 1 aliphatic heterocycles. The van der Waals surface area contributed by atoms with E-state index in [-0.39, 0.29) is 5.75 Å². The number of hydrogen-bond donors (Lipinski definition) is 2. The second kappa shape index (κ2) is 3.91. The number of aromatic nitrogens is 1. The molecule has 0 aliphatic carbocycles. The van der Waals surface area contributed by atoms with Gasteiger partial charge in [0.25, 0.3) is 0 Å². The van der Waals surface area contributed by atoms with E-state index in [0.29, 0.717) is 18.0 Å². The van der Waals surface area contributed by atoms with Crippen LogP contribution in [0.5, 0.6) is 11.5 Å². The van der Waals surface area contributed by atoms with Crippen LogP contribution in [0.2, 0.25) is 0 Å². The summed E-state index contributed by atoms with van der Waals surface area (Å²) >= 11 is 0. The molecule has 0 saturated carbocycles. The summed E-state index contributed by atoms with van der Waals surface area (Å²) in [4.78, 5) is 6.32. The van der Waals surface area contributed by atoms with E-state index < -0.39 is 0 Å². The van der Waals surface area contributed by atoms with Crippen molar-refractivity contribution in [2.24, 2.45) is 0 Å². The van der Waals surface area contributed by atoms with E-state index in [0.717, 1.165) is 23.4 Å². The highest BCUT2D eigenvalue weighted by Crippen LogP contribution is 2.34. The zero-order chi connectivity index (χ0) is 12.7. The first-order chi connectivity index (χ1) is 8.65. The van der Waals surface area contributed by atoms with Crippen LogP contribution < -0.4 is 4.90 Å². The number of fused-ring (bicyclic) bond motifs is 1. The summed E-state index contributed by atoms with van der Waals surface area (Å²) in [7, 11) is 0. The van der Waals surface area contributed by atoms with E-state index in [2.05, 4.69) is 9.88 Å². The molecule has 0 radical (unpaired) electrons. The SMILES string of the molecule is Cc1ncc2c(c1O)CN(c1ccc(O)cc1)C2. The first kappa shape index (κ1) is 10.9. The Morgan fingerprint density at radius 2 is 1.83 bits per heavy atom. The molecular formula is C14H14N2O2. The number of pyridine rings is 1. The van der Waals surface area contributed by atoms with Crippen LogP contribution in [0.15, 0.2) is 30.5 Å². The van der Waals surface area contributed by atoms with Gasteiger partial charge in [0.05, 0.1) is 5.69 Å². The van der Waals surface area contributed by atoms with Crippen molar-refractivity contribution in [3.05, 3.63) is 47.3 Å². The largest absolute Gasteiger partial charge is 0.508 e. The third-order valence-electron chi connectivity index (χ3n) is 3.36. The van der Waals surface area contributed by atoms with Gasteiger partial charge in [-0.05, 0) is 36.8 Å². The molecule has 0 spiro atoms. The number of nitrogens with zero attached hydrogens (tertiary/aromatic N) is 2. The Kier molecular flexibility index (Phi) is 2.37. The number of phenolic OH excluding ortho intramolecular Hbond substituents is 1. The van der Waals surface area contributed by atoms with Crippen molar-refractivity contribution in [2.75, 3.05) is 4.90 Å². The van der Waals surface area contributed by atoms with Gasteiger partial charge in [-0.2, -0.15) is 0 Å². The van der Waals surface area contributed by atoms with Crippen LogP contribution in [0, 0.1) is 6.92 Å². The zero-order valence-corrected chi connectivity index (χ0v) is 10.1. The van der Waals surface area contributed by atoms with Gasteiger partial charge >= 0.3 is 0 Å². The van der Waals surface area contributed by atoms with Crippen LogP contribution in [-0.2, 0) is 13.1 Å². The van der Waals surface area contributed by atoms with Gasteiger partial charge in [-0.15, -0.1) is 0 Å². The topological polar surface area (TPSA) is 56.6 Å². The molecule has 0 saturated heterocycles. The molecule has 3 rings (SSSR count). The molecule has 2 aromatic rings. The molecule has 0 atom stereocenters. The van der Waals surface area contributed by atoms with Crippen LogP contribution in [0.3, 0.4) is 0 Å². The molecule has 0 fully saturated rings. The molecule has 0 bridgehead atoms. The lowest BCUT2D eigenvalue weighted by molar-refractivity contribution is 0.461. The maximum atomic E-state index is 10.00. The fraction of sp³-hybridized carbons (Fsp3) is 0.214. The number of anilines is 1. The van der Waals surface area contributed by atoms with Gasteiger partial charge in [0.15, 0.2) is 0 Å². The normalized spacial score (nSPS) is 13.7. The highest BCUT2D eigenvalue weighted by Gasteiger charge is 2.23. The summed E-state index contributed by atoms with van der Waals surface area (Å²) in [6, 6.07) is 7.08. The van der Waals surface area contributed by atoms with Gasteiger partial charge in [-0.25, -0.2) is 0 Å². The fourth-order valence-corrected chi connectivity index (χ4v) is 2.30. The molecule has 4 nitrogen and oxygen atoms in total. The Labute approximate surface area is 105 Å². The van der Waals surface area contributed by atoms with E-state index in [1.165, 1.54) is 0 Å². The third kappa shape index (κ3) is 1.66. The summed E-state index contributed by atoms with van der Waals surface area (Å²) < 4.78 is 0. The van der Waals surface area contributed by atoms with Gasteiger partial charge in [-0.3, -0.25) is 4.98 Å². The molecule has 2 N–H and O–H groups in total. The maximum absolute atomic E-state index is 10.00. The standard InChI is InChI=1S/C14H14N2O2/c1-9-14(18)13-8-16(7-10(13)6-15-9)11-2-4-12(17)5-3-11/h2-6,17-18H,7-8H2,1H3. The molecular weight excluding hydrogens is 228 g/mol. The average Bonchev–Trinajstić information content (AvgIpc) is 2.80. The first-order valence-electron chi connectivity index (χ1n) is 5.85. The van der Waals surface area contributed by atoms with Gasteiger partial charge in [0, 0.05) is 30.5 Å². The Morgan fingerprint density at radius 1 is 1.11 bits per heavy atom. The minimum absolute atomic E-state index is 0.260. The monoisotopic (exact) mass is 242 g/mol. The second-order valence-corrected chi connectivity index (χ2v) is 4.57. The van der Waals surface area contributed by atoms with Crippen LogP contribution in [-0.4, -0.2) is 15.2 Å². The predicted molar refractivity (Wildman–Crippen MR) is 68.6 cm³/mol. The molecule has 92 valence electrons. The van der Waals surface area contributed by atoms with Crippen LogP contribution >= 0.6 is 0 Å². The summed E-state index contributed by atoms with van der Waals surface area (Å²) in [6.07, 6.45) is 1.82. The Morgan fingerprint density at radius 3 is 2.56 bits per heavy atom. The summed E-state index contributed by atoms with van der Waals surface area (Å²) in [5.41, 5.74) is 3.71. The van der Waals surface area contributed by atoms with Crippen LogP contribution in [0.4, 0.5) is 5.69 Å². The number of rotatable bonds is 1. The van der Waals surface area contributed by atoms with Gasteiger partial charge in [0.2, 0.25) is 0 Å². The number of aryl methyl sites for hydroxylation is 1. The smallest absolute Gasteiger partial charge is 0.142 e. The number of phenols is 1. The Hall–Kier alpha value is -2.23. The van der Waals surface area contributed by atoms with Crippen molar-refractivity contribution in [3.63, 3.8) is 0 Å². The molecule has 4 heteroatoms. The first-order valence-corrected chi connectivity index (χ1v) is 5.85. The lowest BCUT2D eigenvalue weighted by Gasteiger charge is -2.17. The number of hydrogen-bond acceptors (Lipinski definition) is 4. The van der Waals surface area contributed by atoms with Crippen molar-refractivity contribution < 1.29 is 10.2 Å². The second-order valence-electron chi connectivity index (χ2n) is 4.57. The zero-order valence-electron chi connectivity index (χ0n) is 10.1. The van der Waals surface area contributed by atoms with Gasteiger partial charge < -0.3 is 15.1 Å². The molecule has 18 heavy (non-hydrogen) atoms. The van der Waals surface area contributed by atoms with Crippen molar-refractivity contribution in [1.82, 2.24) is 4.98 Å². The molecule has 0 amide bonds. The van der Waals surface area contributed by atoms with E-state index in [9.17, 15) is 10.2 Å². The fourth-order valence-electron chi connectivity index (χ4n) is 2.30. The number of benzene rings is 1. The van der Waals surface area contributed by atoms with Gasteiger partial charge in [0.1, 0.15) is 11.5 Å². The van der Waals surface area contributed by atoms with E-state index in [4.69, 9.17) is 0 Å². The quantitative estimate of drug-likeness (QED) is 0.805. The minimum Gasteiger partial charge on any atom is -0.508 e. The van der Waals surface area contributed by atoms with Gasteiger partial charge in [-0.1, -0.05) is 0 Å². The third-order valence-corrected chi connectivity index (χ3v) is 3.36. The lowest BCUT2D eigenvalue weighted by Crippen LogP contribution is -2.14. The van der Waals surface area contributed by atoms with E-state index in [1.54, 1.807) is 19.1 Å². The van der Waals surface area contributed by atoms with Crippen molar-refractivity contribution >= 4 is 5.69 Å². The van der Waals surface area contributed by atoms with Crippen LogP contribution in [0.1, 0.15) is 16.8 Å². The maximum Gasteiger partial charge on any atom is 0.142 e. The Bertz CT molecular complexity index is 593. The van der Waals surface area contributed by atoms with E-state index >= 15 is 0 Å². The summed E-state index contributed by atoms with van der Waals surface area (Å²) in [5.74, 6) is 0.560. The lowest BCUT2D eigenvalue weighted by atomic mass is 10.1. The van der Waals surface area contributed by atoms with Crippen molar-refractivity contribution in [3.8, 4) is 11.5 Å². The number of aromatic hydroxyl groups is 2. The average molecular weight is 242 g/mol. The van der Waals surface area contributed by atoms with Crippen LogP contribution in [0.25, 0.3) is 0 Å². The van der Waals surface area contributed by atoms with E-state index in [1.807, 2.05) is 18.3 Å². The highest BCUT2D eigenvalue weighted by molar-refractivity contribution is 5.55. The molecule has 1 aromatic carbocycles. The van der Waals surface area contributed by atoms with Crippen molar-refractivity contribution in [1.29, 1.82) is 0 Å². The Balaban J connectivity index is 1.93. The molecule has 1 aliphatic rings. The summed E-state index contributed by atoms with van der Waals surface area (Å²) in [6.45, 7) is 3.22. The summed E-state index contributed by atoms with van der Waals surface area (Å²) in [5, 5.41) is 19.3. The predicted octanol–water partition coefficient (Wildman–Crippen LogP) is 2.32. The molecule has 0 unspecified atom stereocenters. The molecule has 2 heterocycles. The minimum atomic E-state index is 0.260. The van der Waals surface area contributed by atoms with Crippen molar-refractivity contribution in [2.45, 2.75) is 20.0 Å². The highest BCUT2D eigenvalue weighted by atomic mass is 16.3. The molecule has 1 aromatic heterocycles.